The van der Waals surface area contributed by atoms with Crippen molar-refractivity contribution in [3.05, 3.63) is 279 Å². The van der Waals surface area contributed by atoms with Crippen molar-refractivity contribution >= 4 is 34.1 Å². The van der Waals surface area contributed by atoms with E-state index in [-0.39, 0.29) is 0 Å². The van der Waals surface area contributed by atoms with Crippen LogP contribution in [0.4, 0.5) is 34.1 Å². The smallest absolute Gasteiger partial charge is 0.0540 e. The normalized spacial score (nSPS) is 11.5. The second kappa shape index (κ2) is 17.8. The van der Waals surface area contributed by atoms with Crippen molar-refractivity contribution < 1.29 is 0 Å². The number of hydrogen-bond acceptors (Lipinski definition) is 2. The summed E-state index contributed by atoms with van der Waals surface area (Å²) in [5.74, 6) is 0. The lowest BCUT2D eigenvalue weighted by molar-refractivity contribution is 1.28. The highest BCUT2D eigenvalue weighted by Gasteiger charge is 2.26. The van der Waals surface area contributed by atoms with Gasteiger partial charge < -0.3 is 9.80 Å². The van der Waals surface area contributed by atoms with Crippen LogP contribution in [-0.4, -0.2) is 0 Å². The van der Waals surface area contributed by atoms with Crippen molar-refractivity contribution in [2.75, 3.05) is 9.80 Å². The molecule has 11 aromatic rings. The zero-order chi connectivity index (χ0) is 45.2. The summed E-state index contributed by atoms with van der Waals surface area (Å²) in [4.78, 5) is 4.74. The zero-order valence-electron chi connectivity index (χ0n) is 37.5. The van der Waals surface area contributed by atoms with Gasteiger partial charge in [-0.15, -0.1) is 0 Å². The molecule has 0 bridgehead atoms. The molecule has 1 heterocycles. The minimum absolute atomic E-state index is 1.10. The number of rotatable bonds is 9. The van der Waals surface area contributed by atoms with Crippen LogP contribution in [-0.2, 0) is 0 Å². The van der Waals surface area contributed by atoms with E-state index < -0.39 is 0 Å². The number of para-hydroxylation sites is 2. The molecule has 11 aromatic carbocycles. The van der Waals surface area contributed by atoms with Gasteiger partial charge in [0, 0.05) is 33.9 Å². The third-order valence-corrected chi connectivity index (χ3v) is 13.3. The quantitative estimate of drug-likeness (QED) is 0.143. The molecule has 0 aliphatic carbocycles. The van der Waals surface area contributed by atoms with Crippen LogP contribution in [0.15, 0.2) is 279 Å². The first-order chi connectivity index (χ1) is 33.7. The fourth-order valence-electron chi connectivity index (χ4n) is 9.79. The summed E-state index contributed by atoms with van der Waals surface area (Å²) in [6, 6.07) is 101. The molecule has 0 fully saturated rings. The number of nitrogens with zero attached hydrogens (tertiary/aromatic N) is 2. The zero-order valence-corrected chi connectivity index (χ0v) is 37.5. The first kappa shape index (κ1) is 40.5. The molecule has 1 aliphatic rings. The van der Waals surface area contributed by atoms with Crippen LogP contribution >= 0.6 is 0 Å². The second-order valence-corrected chi connectivity index (χ2v) is 17.3. The number of fused-ring (bicyclic) bond motifs is 5. The SMILES string of the molecule is c1ccc(-c2ccc(N(c3ccc(-c4ccccc4)cc3)c3ccc(-c4ccc(-c5ccc(-c6ccc7c(c6)-c6ccccc6-c6ccccc6N7c6ccccc6)cc5)cc4)cc3)cc2)cc1. The summed E-state index contributed by atoms with van der Waals surface area (Å²) in [5, 5.41) is 0. The van der Waals surface area contributed by atoms with Crippen molar-refractivity contribution in [3.63, 3.8) is 0 Å². The average Bonchev–Trinajstić information content (AvgIpc) is 3.55. The summed E-state index contributed by atoms with van der Waals surface area (Å²) < 4.78 is 0. The Bertz CT molecular complexity index is 3410. The molecule has 1 aliphatic heterocycles. The Morgan fingerprint density at radius 3 is 0.941 bits per heavy atom. The van der Waals surface area contributed by atoms with E-state index in [9.17, 15) is 0 Å². The highest BCUT2D eigenvalue weighted by molar-refractivity contribution is 6.03. The summed E-state index contributed by atoms with van der Waals surface area (Å²) >= 11 is 0. The van der Waals surface area contributed by atoms with Crippen molar-refractivity contribution in [3.8, 4) is 77.9 Å². The van der Waals surface area contributed by atoms with E-state index in [4.69, 9.17) is 0 Å². The topological polar surface area (TPSA) is 6.48 Å². The third-order valence-electron chi connectivity index (χ3n) is 13.3. The molecule has 0 saturated heterocycles. The largest absolute Gasteiger partial charge is 0.311 e. The Morgan fingerprint density at radius 1 is 0.206 bits per heavy atom. The average molecular weight is 867 g/mol. The Balaban J connectivity index is 0.813. The minimum atomic E-state index is 1.10. The number of hydrogen-bond donors (Lipinski definition) is 0. The summed E-state index contributed by atoms with van der Waals surface area (Å²) in [7, 11) is 0. The first-order valence-electron chi connectivity index (χ1n) is 23.3. The Kier molecular flexibility index (Phi) is 10.6. The van der Waals surface area contributed by atoms with Gasteiger partial charge in [0.2, 0.25) is 0 Å². The van der Waals surface area contributed by atoms with Gasteiger partial charge in [-0.25, -0.2) is 0 Å². The Labute approximate surface area is 399 Å². The maximum atomic E-state index is 2.41. The van der Waals surface area contributed by atoms with Crippen LogP contribution in [0, 0.1) is 0 Å². The molecule has 12 rings (SSSR count). The second-order valence-electron chi connectivity index (χ2n) is 17.3. The van der Waals surface area contributed by atoms with Crippen molar-refractivity contribution in [1.29, 1.82) is 0 Å². The molecule has 0 saturated carbocycles. The first-order valence-corrected chi connectivity index (χ1v) is 23.3. The van der Waals surface area contributed by atoms with Crippen LogP contribution in [0.25, 0.3) is 77.9 Å². The molecule has 0 radical (unpaired) electrons. The van der Waals surface area contributed by atoms with E-state index >= 15 is 0 Å². The summed E-state index contributed by atoms with van der Waals surface area (Å²) in [6.45, 7) is 0. The lowest BCUT2D eigenvalue weighted by Crippen LogP contribution is -2.10. The Morgan fingerprint density at radius 2 is 0.500 bits per heavy atom. The van der Waals surface area contributed by atoms with Gasteiger partial charge in [-0.1, -0.05) is 212 Å². The van der Waals surface area contributed by atoms with Crippen molar-refractivity contribution in [2.24, 2.45) is 0 Å². The summed E-state index contributed by atoms with van der Waals surface area (Å²) in [6.07, 6.45) is 0. The van der Waals surface area contributed by atoms with E-state index in [1.165, 1.54) is 89.3 Å². The van der Waals surface area contributed by atoms with Gasteiger partial charge >= 0.3 is 0 Å². The van der Waals surface area contributed by atoms with Gasteiger partial charge in [-0.05, 0) is 133 Å². The molecule has 0 amide bonds. The molecule has 2 nitrogen and oxygen atoms in total. The monoisotopic (exact) mass is 866 g/mol. The molecule has 0 unspecified atom stereocenters. The van der Waals surface area contributed by atoms with Crippen molar-refractivity contribution in [2.45, 2.75) is 0 Å². The molecule has 0 atom stereocenters. The maximum absolute atomic E-state index is 2.41. The number of anilines is 6. The molecule has 68 heavy (non-hydrogen) atoms. The van der Waals surface area contributed by atoms with Crippen LogP contribution < -0.4 is 9.80 Å². The van der Waals surface area contributed by atoms with Crippen LogP contribution in [0.1, 0.15) is 0 Å². The molecule has 2 heteroatoms. The third kappa shape index (κ3) is 7.74. The fourth-order valence-corrected chi connectivity index (χ4v) is 9.79. The minimum Gasteiger partial charge on any atom is -0.311 e. The van der Waals surface area contributed by atoms with Crippen molar-refractivity contribution in [1.82, 2.24) is 0 Å². The summed E-state index contributed by atoms with van der Waals surface area (Å²) in [5.41, 5.74) is 23.6. The van der Waals surface area contributed by atoms with Gasteiger partial charge in [0.15, 0.2) is 0 Å². The van der Waals surface area contributed by atoms with Gasteiger partial charge in [-0.2, -0.15) is 0 Å². The predicted molar refractivity (Wildman–Crippen MR) is 287 cm³/mol. The van der Waals surface area contributed by atoms with Gasteiger partial charge in [0.1, 0.15) is 0 Å². The molecular formula is C66H46N2. The molecular weight excluding hydrogens is 821 g/mol. The lowest BCUT2D eigenvalue weighted by Gasteiger charge is -2.27. The fraction of sp³-hybridized carbons (Fsp3) is 0. The number of benzene rings is 11. The highest BCUT2D eigenvalue weighted by Crippen LogP contribution is 2.51. The van der Waals surface area contributed by atoms with Crippen LogP contribution in [0.5, 0.6) is 0 Å². The predicted octanol–water partition coefficient (Wildman–Crippen LogP) is 18.6. The van der Waals surface area contributed by atoms with E-state index in [2.05, 4.69) is 289 Å². The van der Waals surface area contributed by atoms with E-state index in [0.29, 0.717) is 0 Å². The lowest BCUT2D eigenvalue weighted by atomic mass is 9.92. The molecule has 0 spiro atoms. The molecule has 0 aromatic heterocycles. The highest BCUT2D eigenvalue weighted by atomic mass is 15.2. The van der Waals surface area contributed by atoms with Crippen LogP contribution in [0.2, 0.25) is 0 Å². The van der Waals surface area contributed by atoms with Gasteiger partial charge in [0.05, 0.1) is 11.4 Å². The van der Waals surface area contributed by atoms with E-state index in [0.717, 1.165) is 22.7 Å². The van der Waals surface area contributed by atoms with Gasteiger partial charge in [-0.3, -0.25) is 0 Å². The molecule has 320 valence electrons. The van der Waals surface area contributed by atoms with E-state index in [1.807, 2.05) is 0 Å². The van der Waals surface area contributed by atoms with Crippen LogP contribution in [0.3, 0.4) is 0 Å². The maximum Gasteiger partial charge on any atom is 0.0540 e. The molecule has 0 N–H and O–H groups in total. The standard InChI is InChI=1S/C66H46N2/c1-4-14-47(15-5-1)52-32-39-58(40-33-52)67(59-41-34-53(35-42-59)48-16-6-2-7-17-48)60-43-36-54(37-44-60)51-26-24-49(25-27-51)50-28-30-55(31-29-50)56-38-45-66-64(46-56)62-21-11-10-20-61(62)63-22-12-13-23-65(63)68(66)57-18-8-3-9-19-57/h1-46H. The van der Waals surface area contributed by atoms with E-state index in [1.54, 1.807) is 0 Å². The van der Waals surface area contributed by atoms with Gasteiger partial charge in [0.25, 0.3) is 0 Å². The Hall–Kier alpha value is -8.98.